The Hall–Kier alpha value is -1.41. The molecule has 0 radical (unpaired) electrons. The second-order valence-corrected chi connectivity index (χ2v) is 5.80. The maximum Gasteiger partial charge on any atom is 0.0967 e. The molecular weight excluding hydrogens is 222 g/mol. The van der Waals surface area contributed by atoms with E-state index < -0.39 is 5.60 Å². The minimum absolute atomic E-state index is 0.489. The lowest BCUT2D eigenvalue weighted by Gasteiger charge is -2.17. The Labute approximate surface area is 107 Å². The monoisotopic (exact) mass is 239 g/mol. The van der Waals surface area contributed by atoms with Crippen LogP contribution < -0.4 is 0 Å². The van der Waals surface area contributed by atoms with E-state index in [4.69, 9.17) is 0 Å². The SMILES string of the molecule is Cc1cc(C2(O)C3CCCC32)c2ccccc2n1. The smallest absolute Gasteiger partial charge is 0.0967 e. The van der Waals surface area contributed by atoms with Gasteiger partial charge in [0, 0.05) is 11.1 Å². The molecule has 2 nitrogen and oxygen atoms in total. The lowest BCUT2D eigenvalue weighted by Crippen LogP contribution is -2.14. The molecule has 2 saturated carbocycles. The van der Waals surface area contributed by atoms with Crippen molar-refractivity contribution >= 4 is 10.9 Å². The van der Waals surface area contributed by atoms with Crippen molar-refractivity contribution in [3.63, 3.8) is 0 Å². The van der Waals surface area contributed by atoms with Gasteiger partial charge in [-0.05, 0) is 49.3 Å². The third-order valence-corrected chi connectivity index (χ3v) is 4.81. The van der Waals surface area contributed by atoms with Gasteiger partial charge in [0.05, 0.1) is 11.1 Å². The van der Waals surface area contributed by atoms with E-state index in [0.717, 1.165) is 22.2 Å². The Bertz CT molecular complexity index is 624. The van der Waals surface area contributed by atoms with E-state index >= 15 is 0 Å². The average Bonchev–Trinajstić information content (AvgIpc) is 2.79. The third kappa shape index (κ3) is 1.19. The number of para-hydroxylation sites is 1. The summed E-state index contributed by atoms with van der Waals surface area (Å²) >= 11 is 0. The fourth-order valence-corrected chi connectivity index (χ4v) is 3.96. The highest BCUT2D eigenvalue weighted by Crippen LogP contribution is 2.66. The first kappa shape index (κ1) is 10.5. The summed E-state index contributed by atoms with van der Waals surface area (Å²) in [7, 11) is 0. The van der Waals surface area contributed by atoms with Crippen molar-refractivity contribution in [2.75, 3.05) is 0 Å². The van der Waals surface area contributed by atoms with Gasteiger partial charge < -0.3 is 5.11 Å². The van der Waals surface area contributed by atoms with E-state index in [9.17, 15) is 5.11 Å². The van der Waals surface area contributed by atoms with Crippen LogP contribution in [0.25, 0.3) is 10.9 Å². The molecule has 0 spiro atoms. The van der Waals surface area contributed by atoms with E-state index in [1.165, 1.54) is 19.3 Å². The second-order valence-electron chi connectivity index (χ2n) is 5.80. The van der Waals surface area contributed by atoms with E-state index in [1.54, 1.807) is 0 Å². The normalized spacial score (nSPS) is 33.7. The lowest BCUT2D eigenvalue weighted by atomic mass is 9.95. The van der Waals surface area contributed by atoms with Crippen molar-refractivity contribution in [3.05, 3.63) is 41.6 Å². The maximum absolute atomic E-state index is 11.0. The predicted molar refractivity (Wildman–Crippen MR) is 71.2 cm³/mol. The molecule has 2 aliphatic carbocycles. The van der Waals surface area contributed by atoms with Crippen LogP contribution in [0.5, 0.6) is 0 Å². The van der Waals surface area contributed by atoms with Crippen LogP contribution in [0, 0.1) is 18.8 Å². The Morgan fingerprint density at radius 3 is 2.72 bits per heavy atom. The highest BCUT2D eigenvalue weighted by molar-refractivity contribution is 5.84. The van der Waals surface area contributed by atoms with Crippen LogP contribution in [-0.2, 0) is 5.60 Å². The van der Waals surface area contributed by atoms with Crippen LogP contribution in [0.15, 0.2) is 30.3 Å². The molecule has 2 aromatic rings. The standard InChI is InChI=1S/C16H17NO/c1-10-9-14(11-5-2-3-8-15(11)17-10)16(18)12-6-4-7-13(12)16/h2-3,5,8-9,12-13,18H,4,6-7H2,1H3. The lowest BCUT2D eigenvalue weighted by molar-refractivity contribution is 0.107. The number of aliphatic hydroxyl groups is 1. The molecule has 1 N–H and O–H groups in total. The van der Waals surface area contributed by atoms with E-state index in [2.05, 4.69) is 17.1 Å². The summed E-state index contributed by atoms with van der Waals surface area (Å²) < 4.78 is 0. The highest BCUT2D eigenvalue weighted by Gasteiger charge is 2.66. The third-order valence-electron chi connectivity index (χ3n) is 4.81. The molecule has 0 aliphatic heterocycles. The summed E-state index contributed by atoms with van der Waals surface area (Å²) in [6, 6.07) is 10.2. The Morgan fingerprint density at radius 2 is 1.94 bits per heavy atom. The van der Waals surface area contributed by atoms with Crippen molar-refractivity contribution in [2.45, 2.75) is 31.8 Å². The van der Waals surface area contributed by atoms with Gasteiger partial charge >= 0.3 is 0 Å². The number of aryl methyl sites for hydroxylation is 1. The Morgan fingerprint density at radius 1 is 1.22 bits per heavy atom. The highest BCUT2D eigenvalue weighted by atomic mass is 16.3. The van der Waals surface area contributed by atoms with Crippen molar-refractivity contribution < 1.29 is 5.11 Å². The first-order valence-electron chi connectivity index (χ1n) is 6.80. The number of hydrogen-bond acceptors (Lipinski definition) is 2. The number of fused-ring (bicyclic) bond motifs is 2. The van der Waals surface area contributed by atoms with Gasteiger partial charge in [-0.2, -0.15) is 0 Å². The van der Waals surface area contributed by atoms with Crippen molar-refractivity contribution in [2.24, 2.45) is 11.8 Å². The number of aromatic nitrogens is 1. The number of hydrogen-bond donors (Lipinski definition) is 1. The van der Waals surface area contributed by atoms with Crippen molar-refractivity contribution in [1.29, 1.82) is 0 Å². The number of benzene rings is 1. The summed E-state index contributed by atoms with van der Waals surface area (Å²) in [4.78, 5) is 4.56. The fourth-order valence-electron chi connectivity index (χ4n) is 3.96. The van der Waals surface area contributed by atoms with E-state index in [1.807, 2.05) is 25.1 Å². The summed E-state index contributed by atoms with van der Waals surface area (Å²) in [5.41, 5.74) is 2.55. The molecular formula is C16H17NO. The number of rotatable bonds is 1. The largest absolute Gasteiger partial charge is 0.385 e. The van der Waals surface area contributed by atoms with Gasteiger partial charge in [-0.15, -0.1) is 0 Å². The molecule has 2 heteroatoms. The van der Waals surface area contributed by atoms with Gasteiger partial charge in [-0.1, -0.05) is 24.6 Å². The Kier molecular flexibility index (Phi) is 1.94. The molecule has 2 unspecified atom stereocenters. The van der Waals surface area contributed by atoms with Crippen LogP contribution in [0.1, 0.15) is 30.5 Å². The molecule has 1 aromatic heterocycles. The molecule has 18 heavy (non-hydrogen) atoms. The molecule has 0 saturated heterocycles. The van der Waals surface area contributed by atoms with Crippen LogP contribution in [0.2, 0.25) is 0 Å². The zero-order valence-electron chi connectivity index (χ0n) is 10.6. The quantitative estimate of drug-likeness (QED) is 0.829. The molecule has 0 amide bonds. The topological polar surface area (TPSA) is 33.1 Å². The van der Waals surface area contributed by atoms with Crippen LogP contribution in [0.4, 0.5) is 0 Å². The molecule has 2 fully saturated rings. The van der Waals surface area contributed by atoms with Gasteiger partial charge in [0.1, 0.15) is 0 Å². The van der Waals surface area contributed by atoms with Gasteiger partial charge in [-0.3, -0.25) is 4.98 Å². The summed E-state index contributed by atoms with van der Waals surface area (Å²) in [6.45, 7) is 2.01. The van der Waals surface area contributed by atoms with Crippen LogP contribution in [0.3, 0.4) is 0 Å². The molecule has 2 aliphatic rings. The predicted octanol–water partition coefficient (Wildman–Crippen LogP) is 3.16. The molecule has 92 valence electrons. The van der Waals surface area contributed by atoms with E-state index in [0.29, 0.717) is 11.8 Å². The number of nitrogens with zero attached hydrogens (tertiary/aromatic N) is 1. The zero-order chi connectivity index (χ0) is 12.3. The van der Waals surface area contributed by atoms with Crippen molar-refractivity contribution in [1.82, 2.24) is 4.98 Å². The molecule has 1 aromatic carbocycles. The first-order chi connectivity index (χ1) is 8.71. The van der Waals surface area contributed by atoms with Crippen LogP contribution in [-0.4, -0.2) is 10.1 Å². The Balaban J connectivity index is 1.95. The number of pyridine rings is 1. The van der Waals surface area contributed by atoms with E-state index in [-0.39, 0.29) is 0 Å². The zero-order valence-corrected chi connectivity index (χ0v) is 10.6. The molecule has 0 bridgehead atoms. The van der Waals surface area contributed by atoms with Gasteiger partial charge in [0.2, 0.25) is 0 Å². The van der Waals surface area contributed by atoms with Gasteiger partial charge in [0.15, 0.2) is 0 Å². The van der Waals surface area contributed by atoms with Gasteiger partial charge in [-0.25, -0.2) is 0 Å². The average molecular weight is 239 g/mol. The summed E-state index contributed by atoms with van der Waals surface area (Å²) in [5.74, 6) is 0.977. The molecule has 4 rings (SSSR count). The minimum atomic E-state index is -0.564. The summed E-state index contributed by atoms with van der Waals surface area (Å²) in [6.07, 6.45) is 3.63. The second kappa shape index (κ2) is 3.33. The van der Waals surface area contributed by atoms with Gasteiger partial charge in [0.25, 0.3) is 0 Å². The van der Waals surface area contributed by atoms with Crippen molar-refractivity contribution in [3.8, 4) is 0 Å². The van der Waals surface area contributed by atoms with Crippen LogP contribution >= 0.6 is 0 Å². The fraction of sp³-hybridized carbons (Fsp3) is 0.438. The first-order valence-corrected chi connectivity index (χ1v) is 6.80. The molecule has 2 atom stereocenters. The molecule has 1 heterocycles. The summed E-state index contributed by atoms with van der Waals surface area (Å²) in [5, 5.41) is 12.1. The minimum Gasteiger partial charge on any atom is -0.385 e. The maximum atomic E-state index is 11.0.